The molecule has 0 aliphatic carbocycles. The maximum absolute atomic E-state index is 5.86. The Hall–Kier alpha value is -2.55. The molecule has 0 N–H and O–H groups in total. The van der Waals surface area contributed by atoms with Gasteiger partial charge in [-0.1, -0.05) is 24.3 Å². The van der Waals surface area contributed by atoms with Crippen molar-refractivity contribution in [3.63, 3.8) is 0 Å². The number of aromatic nitrogens is 1. The molecular weight excluding hydrogens is 286 g/mol. The number of ether oxygens (including phenoxy) is 2. The lowest BCUT2D eigenvalue weighted by molar-refractivity contribution is 0.218. The minimum atomic E-state index is 0.488. The Morgan fingerprint density at radius 1 is 0.826 bits per heavy atom. The molecule has 118 valence electrons. The van der Waals surface area contributed by atoms with Crippen LogP contribution in [0.1, 0.15) is 16.8 Å². The van der Waals surface area contributed by atoms with E-state index in [1.54, 1.807) is 0 Å². The van der Waals surface area contributed by atoms with Gasteiger partial charge in [0.05, 0.1) is 0 Å². The Morgan fingerprint density at radius 3 is 2.48 bits per heavy atom. The molecule has 3 heteroatoms. The van der Waals surface area contributed by atoms with E-state index in [0.717, 1.165) is 28.1 Å². The van der Waals surface area contributed by atoms with E-state index in [0.29, 0.717) is 13.2 Å². The van der Waals surface area contributed by atoms with Crippen molar-refractivity contribution >= 4 is 10.9 Å². The van der Waals surface area contributed by atoms with Crippen LogP contribution in [0.4, 0.5) is 0 Å². The van der Waals surface area contributed by atoms with Crippen LogP contribution >= 0.6 is 0 Å². The summed E-state index contributed by atoms with van der Waals surface area (Å²) in [6, 6.07) is 16.2. The van der Waals surface area contributed by atoms with Crippen LogP contribution in [0.3, 0.4) is 0 Å². The van der Waals surface area contributed by atoms with Crippen LogP contribution in [0.15, 0.2) is 48.5 Å². The highest BCUT2D eigenvalue weighted by molar-refractivity contribution is 5.84. The normalized spacial score (nSPS) is 10.7. The molecule has 0 fully saturated rings. The molecule has 0 radical (unpaired) electrons. The maximum atomic E-state index is 5.86. The molecule has 0 spiro atoms. The molecule has 0 bridgehead atoms. The molecule has 3 rings (SSSR count). The highest BCUT2D eigenvalue weighted by atomic mass is 16.5. The predicted octanol–water partition coefficient (Wildman–Crippen LogP) is 4.62. The number of nitrogens with zero attached hydrogens (tertiary/aromatic N) is 1. The van der Waals surface area contributed by atoms with Gasteiger partial charge in [-0.15, -0.1) is 0 Å². The number of hydrogen-bond acceptors (Lipinski definition) is 3. The van der Waals surface area contributed by atoms with Crippen LogP contribution in [0, 0.1) is 20.8 Å². The van der Waals surface area contributed by atoms with Crippen LogP contribution < -0.4 is 9.47 Å². The third kappa shape index (κ3) is 3.62. The zero-order chi connectivity index (χ0) is 16.2. The SMILES string of the molecule is Cc1ccc2cccc(OCCOc3ccc(C)c(C)c3)c2n1. The van der Waals surface area contributed by atoms with Gasteiger partial charge in [-0.05, 0) is 56.2 Å². The first-order valence-electron chi connectivity index (χ1n) is 7.83. The quantitative estimate of drug-likeness (QED) is 0.645. The van der Waals surface area contributed by atoms with Gasteiger partial charge in [-0.3, -0.25) is 0 Å². The standard InChI is InChI=1S/C20H21NO2/c1-14-7-10-18(13-15(14)2)22-11-12-23-19-6-4-5-17-9-8-16(3)21-20(17)19/h4-10,13H,11-12H2,1-3H3. The first-order valence-corrected chi connectivity index (χ1v) is 7.83. The number of para-hydroxylation sites is 1. The average molecular weight is 307 g/mol. The summed E-state index contributed by atoms with van der Waals surface area (Å²) in [5.74, 6) is 1.68. The van der Waals surface area contributed by atoms with E-state index in [4.69, 9.17) is 9.47 Å². The zero-order valence-electron chi connectivity index (χ0n) is 13.8. The third-order valence-corrected chi connectivity index (χ3v) is 3.91. The average Bonchev–Trinajstić information content (AvgIpc) is 2.55. The summed E-state index contributed by atoms with van der Waals surface area (Å²) in [5, 5.41) is 1.09. The summed E-state index contributed by atoms with van der Waals surface area (Å²) in [4.78, 5) is 4.57. The van der Waals surface area contributed by atoms with Crippen molar-refractivity contribution in [1.82, 2.24) is 4.98 Å². The lowest BCUT2D eigenvalue weighted by Crippen LogP contribution is -2.09. The second-order valence-electron chi connectivity index (χ2n) is 5.72. The number of fused-ring (bicyclic) bond motifs is 1. The number of aryl methyl sites for hydroxylation is 3. The minimum Gasteiger partial charge on any atom is -0.490 e. The number of pyridine rings is 1. The van der Waals surface area contributed by atoms with Crippen molar-refractivity contribution in [2.24, 2.45) is 0 Å². The second-order valence-corrected chi connectivity index (χ2v) is 5.72. The summed E-state index contributed by atoms with van der Waals surface area (Å²) < 4.78 is 11.6. The molecule has 3 nitrogen and oxygen atoms in total. The number of benzene rings is 2. The van der Waals surface area contributed by atoms with Crippen molar-refractivity contribution in [2.75, 3.05) is 13.2 Å². The summed E-state index contributed by atoms with van der Waals surface area (Å²) in [6.07, 6.45) is 0. The van der Waals surface area contributed by atoms with Gasteiger partial charge in [-0.25, -0.2) is 4.98 Å². The molecule has 1 aromatic heterocycles. The molecule has 2 aromatic carbocycles. The van der Waals surface area contributed by atoms with Gasteiger partial charge in [0.1, 0.15) is 30.2 Å². The molecular formula is C20H21NO2. The zero-order valence-corrected chi connectivity index (χ0v) is 13.8. The largest absolute Gasteiger partial charge is 0.490 e. The van der Waals surface area contributed by atoms with Gasteiger partial charge in [0.2, 0.25) is 0 Å². The van der Waals surface area contributed by atoms with Crippen LogP contribution in [-0.2, 0) is 0 Å². The fraction of sp³-hybridized carbons (Fsp3) is 0.250. The maximum Gasteiger partial charge on any atom is 0.145 e. The highest BCUT2D eigenvalue weighted by Crippen LogP contribution is 2.24. The van der Waals surface area contributed by atoms with Crippen molar-refractivity contribution in [3.05, 3.63) is 65.4 Å². The highest BCUT2D eigenvalue weighted by Gasteiger charge is 2.04. The molecule has 0 saturated carbocycles. The van der Waals surface area contributed by atoms with Crippen LogP contribution in [0.25, 0.3) is 10.9 Å². The van der Waals surface area contributed by atoms with Gasteiger partial charge in [-0.2, -0.15) is 0 Å². The molecule has 0 aliphatic rings. The molecule has 0 aliphatic heterocycles. The summed E-state index contributed by atoms with van der Waals surface area (Å²) >= 11 is 0. The molecule has 0 atom stereocenters. The van der Waals surface area contributed by atoms with Crippen molar-refractivity contribution in [2.45, 2.75) is 20.8 Å². The Balaban J connectivity index is 1.62. The van der Waals surface area contributed by atoms with Gasteiger partial charge >= 0.3 is 0 Å². The predicted molar refractivity (Wildman–Crippen MR) is 93.4 cm³/mol. The van der Waals surface area contributed by atoms with Crippen LogP contribution in [-0.4, -0.2) is 18.2 Å². The van der Waals surface area contributed by atoms with Gasteiger partial charge in [0, 0.05) is 11.1 Å². The molecule has 0 saturated heterocycles. The number of hydrogen-bond donors (Lipinski definition) is 0. The number of rotatable bonds is 5. The molecule has 0 amide bonds. The Labute approximate surface area is 136 Å². The van der Waals surface area contributed by atoms with E-state index in [2.05, 4.69) is 37.0 Å². The van der Waals surface area contributed by atoms with Gasteiger partial charge in [0.25, 0.3) is 0 Å². The van der Waals surface area contributed by atoms with Gasteiger partial charge < -0.3 is 9.47 Å². The molecule has 23 heavy (non-hydrogen) atoms. The fourth-order valence-electron chi connectivity index (χ4n) is 2.45. The fourth-order valence-corrected chi connectivity index (χ4v) is 2.45. The van der Waals surface area contributed by atoms with Crippen molar-refractivity contribution in [1.29, 1.82) is 0 Å². The second kappa shape index (κ2) is 6.69. The lowest BCUT2D eigenvalue weighted by atomic mass is 10.1. The van der Waals surface area contributed by atoms with E-state index < -0.39 is 0 Å². The summed E-state index contributed by atoms with van der Waals surface area (Å²) in [7, 11) is 0. The summed E-state index contributed by atoms with van der Waals surface area (Å²) in [6.45, 7) is 7.16. The van der Waals surface area contributed by atoms with E-state index in [1.165, 1.54) is 11.1 Å². The van der Waals surface area contributed by atoms with Crippen molar-refractivity contribution < 1.29 is 9.47 Å². The smallest absolute Gasteiger partial charge is 0.145 e. The van der Waals surface area contributed by atoms with E-state index >= 15 is 0 Å². The third-order valence-electron chi connectivity index (χ3n) is 3.91. The molecule has 1 heterocycles. The Kier molecular flexibility index (Phi) is 4.47. The van der Waals surface area contributed by atoms with E-state index in [-0.39, 0.29) is 0 Å². The minimum absolute atomic E-state index is 0.488. The monoisotopic (exact) mass is 307 g/mol. The van der Waals surface area contributed by atoms with Crippen molar-refractivity contribution in [3.8, 4) is 11.5 Å². The van der Waals surface area contributed by atoms with E-state index in [1.807, 2.05) is 37.3 Å². The Morgan fingerprint density at radius 2 is 1.65 bits per heavy atom. The lowest BCUT2D eigenvalue weighted by Gasteiger charge is -2.11. The van der Waals surface area contributed by atoms with Crippen LogP contribution in [0.2, 0.25) is 0 Å². The first-order chi connectivity index (χ1) is 11.1. The molecule has 3 aromatic rings. The molecule has 0 unspecified atom stereocenters. The van der Waals surface area contributed by atoms with Crippen LogP contribution in [0.5, 0.6) is 11.5 Å². The topological polar surface area (TPSA) is 31.4 Å². The van der Waals surface area contributed by atoms with Gasteiger partial charge in [0.15, 0.2) is 0 Å². The summed E-state index contributed by atoms with van der Waals surface area (Å²) in [5.41, 5.74) is 4.39. The first kappa shape index (κ1) is 15.3. The Bertz CT molecular complexity index is 827. The van der Waals surface area contributed by atoms with E-state index in [9.17, 15) is 0 Å².